The molecule has 25 heavy (non-hydrogen) atoms. The van der Waals surface area contributed by atoms with Crippen LogP contribution >= 0.6 is 0 Å². The summed E-state index contributed by atoms with van der Waals surface area (Å²) in [6.07, 6.45) is 0. The van der Waals surface area contributed by atoms with Crippen molar-refractivity contribution in [3.05, 3.63) is 65.0 Å². The van der Waals surface area contributed by atoms with Crippen molar-refractivity contribution in [2.75, 3.05) is 5.32 Å². The molecule has 0 heterocycles. The molecule has 0 spiro atoms. The van der Waals surface area contributed by atoms with Crippen LogP contribution in [0.3, 0.4) is 0 Å². The molecule has 0 aliphatic rings. The molecule has 1 unspecified atom stereocenters. The lowest BCUT2D eigenvalue weighted by atomic mass is 10.0. The smallest absolute Gasteiger partial charge is 0.251 e. The predicted molar refractivity (Wildman–Crippen MR) is 97.0 cm³/mol. The van der Waals surface area contributed by atoms with Gasteiger partial charge in [-0.05, 0) is 49.6 Å². The molecule has 2 N–H and O–H groups in total. The van der Waals surface area contributed by atoms with Gasteiger partial charge >= 0.3 is 0 Å². The Hall–Kier alpha value is -2.69. The Labute approximate surface area is 147 Å². The summed E-state index contributed by atoms with van der Waals surface area (Å²) < 4.78 is 13.6. The molecule has 0 bridgehead atoms. The maximum absolute atomic E-state index is 13.6. The number of benzene rings is 2. The van der Waals surface area contributed by atoms with Gasteiger partial charge in [-0.25, -0.2) is 4.39 Å². The third-order valence-corrected chi connectivity index (χ3v) is 3.99. The zero-order valence-electron chi connectivity index (χ0n) is 14.9. The molecule has 2 rings (SSSR count). The summed E-state index contributed by atoms with van der Waals surface area (Å²) >= 11 is 0. The van der Waals surface area contributed by atoms with E-state index in [-0.39, 0.29) is 23.5 Å². The molecular weight excluding hydrogens is 319 g/mol. The summed E-state index contributed by atoms with van der Waals surface area (Å²) in [6, 6.07) is 10.9. The number of hydrogen-bond donors (Lipinski definition) is 2. The molecule has 0 radical (unpaired) electrons. The maximum atomic E-state index is 13.6. The molecule has 132 valence electrons. The number of anilines is 1. The van der Waals surface area contributed by atoms with Gasteiger partial charge in [-0.2, -0.15) is 0 Å². The molecule has 2 aromatic carbocycles. The average molecular weight is 342 g/mol. The third kappa shape index (κ3) is 4.89. The molecule has 0 aromatic heterocycles. The van der Waals surface area contributed by atoms with Crippen molar-refractivity contribution < 1.29 is 14.0 Å². The fourth-order valence-electron chi connectivity index (χ4n) is 2.36. The van der Waals surface area contributed by atoms with E-state index in [1.165, 1.54) is 6.07 Å². The Morgan fingerprint density at radius 2 is 1.64 bits per heavy atom. The minimum Gasteiger partial charge on any atom is -0.340 e. The van der Waals surface area contributed by atoms with Gasteiger partial charge in [-0.15, -0.1) is 0 Å². The van der Waals surface area contributed by atoms with Gasteiger partial charge < -0.3 is 10.6 Å². The van der Waals surface area contributed by atoms with Crippen molar-refractivity contribution in [1.82, 2.24) is 5.32 Å². The van der Waals surface area contributed by atoms with Crippen LogP contribution in [0.5, 0.6) is 0 Å². The highest BCUT2D eigenvalue weighted by atomic mass is 19.1. The van der Waals surface area contributed by atoms with Gasteiger partial charge in [0.15, 0.2) is 0 Å². The number of carbonyl (C=O) groups is 2. The molecule has 0 aliphatic carbocycles. The van der Waals surface area contributed by atoms with Crippen LogP contribution in [-0.4, -0.2) is 17.9 Å². The first-order valence-electron chi connectivity index (χ1n) is 8.22. The molecule has 1 atom stereocenters. The van der Waals surface area contributed by atoms with E-state index in [9.17, 15) is 14.0 Å². The zero-order chi connectivity index (χ0) is 18.6. The molecule has 0 saturated heterocycles. The van der Waals surface area contributed by atoms with Crippen LogP contribution in [0.1, 0.15) is 35.3 Å². The Kier molecular flexibility index (Phi) is 5.91. The minimum absolute atomic E-state index is 0.121. The Bertz CT molecular complexity index is 770. The van der Waals surface area contributed by atoms with Gasteiger partial charge in [-0.3, -0.25) is 9.59 Å². The first-order valence-corrected chi connectivity index (χ1v) is 8.22. The van der Waals surface area contributed by atoms with Crippen LogP contribution in [0.4, 0.5) is 10.1 Å². The second-order valence-electron chi connectivity index (χ2n) is 6.51. The Balaban J connectivity index is 2.11. The SMILES string of the molecule is Cc1ccc(C(=O)NC(C(=O)Nc2ccc(C)c(F)c2)C(C)C)cc1. The number of amides is 2. The Morgan fingerprint density at radius 3 is 2.20 bits per heavy atom. The number of aryl methyl sites for hydroxylation is 2. The van der Waals surface area contributed by atoms with Crippen molar-refractivity contribution in [2.24, 2.45) is 5.92 Å². The Morgan fingerprint density at radius 1 is 1.00 bits per heavy atom. The van der Waals surface area contributed by atoms with Gasteiger partial charge in [0.1, 0.15) is 11.9 Å². The number of halogens is 1. The number of nitrogens with one attached hydrogen (secondary N) is 2. The topological polar surface area (TPSA) is 58.2 Å². The van der Waals surface area contributed by atoms with Crippen molar-refractivity contribution >= 4 is 17.5 Å². The standard InChI is InChI=1S/C20H23FN2O2/c1-12(2)18(23-19(24)15-8-5-13(3)6-9-15)20(25)22-16-10-7-14(4)17(21)11-16/h5-12,18H,1-4H3,(H,22,25)(H,23,24). The lowest BCUT2D eigenvalue weighted by Gasteiger charge is -2.22. The second-order valence-corrected chi connectivity index (χ2v) is 6.51. The van der Waals surface area contributed by atoms with E-state index in [2.05, 4.69) is 10.6 Å². The molecule has 0 fully saturated rings. The van der Waals surface area contributed by atoms with Crippen molar-refractivity contribution in [3.63, 3.8) is 0 Å². The first kappa shape index (κ1) is 18.6. The quantitative estimate of drug-likeness (QED) is 0.867. The van der Waals surface area contributed by atoms with E-state index >= 15 is 0 Å². The van der Waals surface area contributed by atoms with Gasteiger partial charge in [0.05, 0.1) is 0 Å². The van der Waals surface area contributed by atoms with Gasteiger partial charge in [-0.1, -0.05) is 37.6 Å². The highest BCUT2D eigenvalue weighted by Crippen LogP contribution is 2.15. The highest BCUT2D eigenvalue weighted by molar-refractivity contribution is 6.01. The average Bonchev–Trinajstić information content (AvgIpc) is 2.56. The van der Waals surface area contributed by atoms with Crippen LogP contribution in [0.25, 0.3) is 0 Å². The lowest BCUT2D eigenvalue weighted by molar-refractivity contribution is -0.118. The van der Waals surface area contributed by atoms with E-state index in [0.717, 1.165) is 5.56 Å². The van der Waals surface area contributed by atoms with E-state index in [1.54, 1.807) is 31.2 Å². The molecule has 2 aromatic rings. The largest absolute Gasteiger partial charge is 0.340 e. The summed E-state index contributed by atoms with van der Waals surface area (Å²) in [6.45, 7) is 7.27. The van der Waals surface area contributed by atoms with Gasteiger partial charge in [0.25, 0.3) is 5.91 Å². The predicted octanol–water partition coefficient (Wildman–Crippen LogP) is 3.84. The van der Waals surface area contributed by atoms with E-state index in [4.69, 9.17) is 0 Å². The van der Waals surface area contributed by atoms with Gasteiger partial charge in [0, 0.05) is 11.3 Å². The maximum Gasteiger partial charge on any atom is 0.251 e. The van der Waals surface area contributed by atoms with E-state index in [1.807, 2.05) is 32.9 Å². The third-order valence-electron chi connectivity index (χ3n) is 3.99. The molecule has 5 heteroatoms. The van der Waals surface area contributed by atoms with Crippen LogP contribution in [0, 0.1) is 25.6 Å². The zero-order valence-corrected chi connectivity index (χ0v) is 14.9. The van der Waals surface area contributed by atoms with E-state index in [0.29, 0.717) is 16.8 Å². The van der Waals surface area contributed by atoms with Crippen LogP contribution in [0.2, 0.25) is 0 Å². The lowest BCUT2D eigenvalue weighted by Crippen LogP contribution is -2.47. The fraction of sp³-hybridized carbons (Fsp3) is 0.300. The number of hydrogen-bond acceptors (Lipinski definition) is 2. The minimum atomic E-state index is -0.724. The fourth-order valence-corrected chi connectivity index (χ4v) is 2.36. The van der Waals surface area contributed by atoms with E-state index < -0.39 is 6.04 Å². The van der Waals surface area contributed by atoms with Gasteiger partial charge in [0.2, 0.25) is 5.91 Å². The monoisotopic (exact) mass is 342 g/mol. The molecule has 4 nitrogen and oxygen atoms in total. The second kappa shape index (κ2) is 7.92. The molecule has 0 aliphatic heterocycles. The van der Waals surface area contributed by atoms with Crippen LogP contribution in [-0.2, 0) is 4.79 Å². The first-order chi connectivity index (χ1) is 11.8. The summed E-state index contributed by atoms with van der Waals surface area (Å²) in [5, 5.41) is 5.42. The summed E-state index contributed by atoms with van der Waals surface area (Å²) in [4.78, 5) is 24.9. The van der Waals surface area contributed by atoms with Crippen molar-refractivity contribution in [1.29, 1.82) is 0 Å². The molecule has 2 amide bonds. The molecular formula is C20H23FN2O2. The normalized spacial score (nSPS) is 11.9. The summed E-state index contributed by atoms with van der Waals surface area (Å²) in [7, 11) is 0. The summed E-state index contributed by atoms with van der Waals surface area (Å²) in [5.41, 5.74) is 2.41. The number of rotatable bonds is 5. The molecule has 0 saturated carbocycles. The summed E-state index contributed by atoms with van der Waals surface area (Å²) in [5.74, 6) is -1.20. The number of carbonyl (C=O) groups excluding carboxylic acids is 2. The van der Waals surface area contributed by atoms with Crippen molar-refractivity contribution in [3.8, 4) is 0 Å². The highest BCUT2D eigenvalue weighted by Gasteiger charge is 2.25. The van der Waals surface area contributed by atoms with Crippen molar-refractivity contribution in [2.45, 2.75) is 33.7 Å². The van der Waals surface area contributed by atoms with Crippen LogP contribution < -0.4 is 10.6 Å². The van der Waals surface area contributed by atoms with Crippen LogP contribution in [0.15, 0.2) is 42.5 Å².